The van der Waals surface area contributed by atoms with Crippen LogP contribution in [-0.2, 0) is 4.79 Å². The monoisotopic (exact) mass is 298 g/mol. The Kier molecular flexibility index (Phi) is 5.45. The van der Waals surface area contributed by atoms with E-state index < -0.39 is 11.6 Å². The summed E-state index contributed by atoms with van der Waals surface area (Å²) >= 11 is 0. The Bertz CT molecular complexity index is 372. The molecule has 2 fully saturated rings. The van der Waals surface area contributed by atoms with E-state index in [-0.39, 0.29) is 18.0 Å². The fraction of sp³-hybridized carbons (Fsp3) is 0.867. The third kappa shape index (κ3) is 4.88. The van der Waals surface area contributed by atoms with Gasteiger partial charge in [0.2, 0.25) is 0 Å². The summed E-state index contributed by atoms with van der Waals surface area (Å²) < 4.78 is 0. The number of aliphatic hydroxyl groups is 1. The predicted octanol–water partition coefficient (Wildman–Crippen LogP) is 1.62. The van der Waals surface area contributed by atoms with Gasteiger partial charge in [-0.1, -0.05) is 19.3 Å². The van der Waals surface area contributed by atoms with E-state index in [0.717, 1.165) is 32.1 Å². The summed E-state index contributed by atoms with van der Waals surface area (Å²) in [5.41, 5.74) is -0.753. The standard InChI is InChI=1S/C15H26N2O4/c18-13(19)11-4-6-12(7-5-11)17-14(20)16-10-15(21)8-2-1-3-9-15/h11-12,21H,1-10H2,(H,18,19)(H2,16,17,20). The molecule has 2 rings (SSSR count). The van der Waals surface area contributed by atoms with Crippen LogP contribution in [0.1, 0.15) is 57.8 Å². The van der Waals surface area contributed by atoms with E-state index >= 15 is 0 Å². The molecular weight excluding hydrogens is 272 g/mol. The lowest BCUT2D eigenvalue weighted by molar-refractivity contribution is -0.142. The van der Waals surface area contributed by atoms with Gasteiger partial charge in [0.05, 0.1) is 11.5 Å². The Hall–Kier alpha value is -1.30. The number of nitrogens with one attached hydrogen (secondary N) is 2. The van der Waals surface area contributed by atoms with Crippen LogP contribution >= 0.6 is 0 Å². The summed E-state index contributed by atoms with van der Waals surface area (Å²) in [7, 11) is 0. The van der Waals surface area contributed by atoms with Crippen molar-refractivity contribution in [1.29, 1.82) is 0 Å². The molecule has 2 saturated carbocycles. The first-order valence-corrected chi connectivity index (χ1v) is 7.98. The zero-order valence-corrected chi connectivity index (χ0v) is 12.4. The average Bonchev–Trinajstić information content (AvgIpc) is 2.47. The van der Waals surface area contributed by atoms with Crippen LogP contribution in [0.15, 0.2) is 0 Å². The van der Waals surface area contributed by atoms with Gasteiger partial charge in [0, 0.05) is 12.6 Å². The Morgan fingerprint density at radius 1 is 1.05 bits per heavy atom. The SMILES string of the molecule is O=C(NCC1(O)CCCCC1)NC1CCC(C(=O)O)CC1. The third-order valence-corrected chi connectivity index (χ3v) is 4.77. The van der Waals surface area contributed by atoms with Gasteiger partial charge in [-0.3, -0.25) is 4.79 Å². The number of aliphatic carboxylic acids is 1. The van der Waals surface area contributed by atoms with E-state index in [9.17, 15) is 14.7 Å². The Morgan fingerprint density at radius 2 is 1.67 bits per heavy atom. The number of amides is 2. The van der Waals surface area contributed by atoms with Crippen molar-refractivity contribution in [2.45, 2.75) is 69.4 Å². The van der Waals surface area contributed by atoms with Gasteiger partial charge in [0.1, 0.15) is 0 Å². The molecule has 120 valence electrons. The van der Waals surface area contributed by atoms with E-state index in [1.165, 1.54) is 0 Å². The molecule has 0 radical (unpaired) electrons. The molecule has 2 aliphatic carbocycles. The number of hydrogen-bond acceptors (Lipinski definition) is 3. The van der Waals surface area contributed by atoms with Crippen molar-refractivity contribution in [2.75, 3.05) is 6.54 Å². The molecule has 6 heteroatoms. The van der Waals surface area contributed by atoms with Gasteiger partial charge in [-0.2, -0.15) is 0 Å². The maximum Gasteiger partial charge on any atom is 0.315 e. The Balaban J connectivity index is 1.67. The smallest absolute Gasteiger partial charge is 0.315 e. The molecule has 2 amide bonds. The summed E-state index contributed by atoms with van der Waals surface area (Å²) in [6.07, 6.45) is 7.31. The second-order valence-electron chi connectivity index (χ2n) is 6.50. The van der Waals surface area contributed by atoms with Gasteiger partial charge in [-0.05, 0) is 38.5 Å². The highest BCUT2D eigenvalue weighted by Crippen LogP contribution is 2.27. The van der Waals surface area contributed by atoms with Crippen LogP contribution in [0, 0.1) is 5.92 Å². The molecule has 0 aromatic rings. The van der Waals surface area contributed by atoms with Crippen molar-refractivity contribution in [3.05, 3.63) is 0 Å². The molecule has 0 unspecified atom stereocenters. The molecule has 0 heterocycles. The van der Waals surface area contributed by atoms with Crippen molar-refractivity contribution in [3.8, 4) is 0 Å². The first kappa shape index (κ1) is 16.1. The maximum absolute atomic E-state index is 11.9. The molecule has 0 spiro atoms. The van der Waals surface area contributed by atoms with Crippen molar-refractivity contribution in [3.63, 3.8) is 0 Å². The lowest BCUT2D eigenvalue weighted by atomic mass is 9.85. The number of rotatable bonds is 4. The molecule has 0 bridgehead atoms. The van der Waals surface area contributed by atoms with E-state index in [2.05, 4.69) is 10.6 Å². The predicted molar refractivity (Wildman–Crippen MR) is 78.0 cm³/mol. The van der Waals surface area contributed by atoms with Gasteiger partial charge < -0.3 is 20.8 Å². The number of urea groups is 1. The summed E-state index contributed by atoms with van der Waals surface area (Å²) in [5.74, 6) is -1.01. The van der Waals surface area contributed by atoms with Crippen molar-refractivity contribution in [2.24, 2.45) is 5.92 Å². The minimum atomic E-state index is -0.753. The van der Waals surface area contributed by atoms with Crippen LogP contribution in [0.5, 0.6) is 0 Å². The molecule has 0 aromatic carbocycles. The number of hydrogen-bond donors (Lipinski definition) is 4. The normalized spacial score (nSPS) is 28.6. The van der Waals surface area contributed by atoms with Crippen LogP contribution in [0.3, 0.4) is 0 Å². The van der Waals surface area contributed by atoms with Crippen LogP contribution < -0.4 is 10.6 Å². The molecule has 0 aliphatic heterocycles. The molecular formula is C15H26N2O4. The zero-order valence-electron chi connectivity index (χ0n) is 12.4. The van der Waals surface area contributed by atoms with Crippen molar-refractivity contribution >= 4 is 12.0 Å². The van der Waals surface area contributed by atoms with Gasteiger partial charge in [0.15, 0.2) is 0 Å². The van der Waals surface area contributed by atoms with Crippen LogP contribution in [-0.4, -0.2) is 40.4 Å². The molecule has 0 aromatic heterocycles. The quantitative estimate of drug-likeness (QED) is 0.634. The molecule has 0 saturated heterocycles. The van der Waals surface area contributed by atoms with E-state index in [1.54, 1.807) is 0 Å². The first-order valence-electron chi connectivity index (χ1n) is 7.98. The second kappa shape index (κ2) is 7.11. The molecule has 21 heavy (non-hydrogen) atoms. The summed E-state index contributed by atoms with van der Waals surface area (Å²) in [5, 5.41) is 24.9. The van der Waals surface area contributed by atoms with Crippen molar-refractivity contribution < 1.29 is 19.8 Å². The topological polar surface area (TPSA) is 98.7 Å². The fourth-order valence-corrected chi connectivity index (χ4v) is 3.35. The Morgan fingerprint density at radius 3 is 2.24 bits per heavy atom. The van der Waals surface area contributed by atoms with E-state index in [1.807, 2.05) is 0 Å². The fourth-order valence-electron chi connectivity index (χ4n) is 3.35. The second-order valence-corrected chi connectivity index (χ2v) is 6.50. The van der Waals surface area contributed by atoms with Crippen LogP contribution in [0.4, 0.5) is 4.79 Å². The summed E-state index contributed by atoms with van der Waals surface area (Å²) in [6, 6.07) is -0.214. The van der Waals surface area contributed by atoms with Gasteiger partial charge in [-0.15, -0.1) is 0 Å². The molecule has 6 nitrogen and oxygen atoms in total. The number of carboxylic acid groups (broad SMARTS) is 1. The van der Waals surface area contributed by atoms with E-state index in [0.29, 0.717) is 32.2 Å². The van der Waals surface area contributed by atoms with Crippen molar-refractivity contribution in [1.82, 2.24) is 10.6 Å². The van der Waals surface area contributed by atoms with E-state index in [4.69, 9.17) is 5.11 Å². The zero-order chi connectivity index (χ0) is 15.3. The minimum Gasteiger partial charge on any atom is -0.481 e. The average molecular weight is 298 g/mol. The highest BCUT2D eigenvalue weighted by molar-refractivity contribution is 5.74. The number of carbonyl (C=O) groups excluding carboxylic acids is 1. The lowest BCUT2D eigenvalue weighted by Gasteiger charge is -2.32. The van der Waals surface area contributed by atoms with Crippen LogP contribution in [0.25, 0.3) is 0 Å². The summed E-state index contributed by atoms with van der Waals surface area (Å²) in [4.78, 5) is 22.7. The number of carbonyl (C=O) groups is 2. The first-order chi connectivity index (χ1) is 9.98. The largest absolute Gasteiger partial charge is 0.481 e. The molecule has 2 aliphatic rings. The highest BCUT2D eigenvalue weighted by atomic mass is 16.4. The number of carboxylic acids is 1. The minimum absolute atomic E-state index is 0.0431. The van der Waals surface area contributed by atoms with Gasteiger partial charge >= 0.3 is 12.0 Å². The summed E-state index contributed by atoms with van der Waals surface area (Å²) in [6.45, 7) is 0.295. The third-order valence-electron chi connectivity index (χ3n) is 4.77. The lowest BCUT2D eigenvalue weighted by Crippen LogP contribution is -2.50. The van der Waals surface area contributed by atoms with Gasteiger partial charge in [0.25, 0.3) is 0 Å². The Labute approximate surface area is 125 Å². The van der Waals surface area contributed by atoms with Crippen LogP contribution in [0.2, 0.25) is 0 Å². The van der Waals surface area contributed by atoms with Gasteiger partial charge in [-0.25, -0.2) is 4.79 Å². The molecule has 0 atom stereocenters. The highest BCUT2D eigenvalue weighted by Gasteiger charge is 2.30. The molecule has 4 N–H and O–H groups in total. The maximum atomic E-state index is 11.9.